The van der Waals surface area contributed by atoms with Crippen LogP contribution in [0.5, 0.6) is 0 Å². The molecule has 0 fully saturated rings. The number of hydrogen-bond acceptors (Lipinski definition) is 1. The van der Waals surface area contributed by atoms with Gasteiger partial charge in [-0.05, 0) is 60.9 Å². The molecule has 0 aliphatic heterocycles. The van der Waals surface area contributed by atoms with Crippen molar-refractivity contribution in [3.63, 3.8) is 0 Å². The van der Waals surface area contributed by atoms with E-state index in [0.717, 1.165) is 12.6 Å². The maximum absolute atomic E-state index is 9.14. The van der Waals surface area contributed by atoms with Crippen LogP contribution in [-0.2, 0) is 12.6 Å². The van der Waals surface area contributed by atoms with Crippen molar-refractivity contribution in [2.45, 2.75) is 19.5 Å². The molecule has 0 spiro atoms. The van der Waals surface area contributed by atoms with E-state index in [9.17, 15) is 0 Å². The van der Waals surface area contributed by atoms with E-state index in [1.165, 1.54) is 27.0 Å². The summed E-state index contributed by atoms with van der Waals surface area (Å²) in [5, 5.41) is 13.3. The van der Waals surface area contributed by atoms with Crippen LogP contribution in [0, 0.1) is 17.2 Å². The Morgan fingerprint density at radius 1 is 0.625 bits per heavy atom. The molecule has 1 nitrogen and oxygen atoms in total. The average Bonchev–Trinajstić information content (AvgIpc) is 2.85. The third kappa shape index (κ3) is 5.11. The summed E-state index contributed by atoms with van der Waals surface area (Å²) in [4.78, 5) is 0. The first-order chi connectivity index (χ1) is 15.2. The van der Waals surface area contributed by atoms with Crippen molar-refractivity contribution in [3.8, 4) is 6.07 Å². The third-order valence-corrected chi connectivity index (χ3v) is 10.2. The largest absolute Gasteiger partial charge is 1.00 e. The normalized spacial score (nSPS) is 11.8. The Hall–Kier alpha value is -2.91. The summed E-state index contributed by atoms with van der Waals surface area (Å²) in [6.45, 7) is 1.98. The molecule has 1 atom stereocenters. The Balaban J connectivity index is 0.00000289. The number of nitrogens with zero attached hydrogens (tertiary/aromatic N) is 1. The van der Waals surface area contributed by atoms with Gasteiger partial charge in [0.15, 0.2) is 0 Å². The van der Waals surface area contributed by atoms with Gasteiger partial charge in [-0.3, -0.25) is 0 Å². The molecule has 0 aliphatic rings. The second-order valence-corrected chi connectivity index (χ2v) is 11.5. The molecule has 0 aromatic heterocycles. The van der Waals surface area contributed by atoms with Crippen molar-refractivity contribution in [2.75, 3.05) is 0 Å². The molecule has 0 N–H and O–H groups in total. The van der Waals surface area contributed by atoms with E-state index in [0.29, 0.717) is 0 Å². The van der Waals surface area contributed by atoms with Crippen LogP contribution in [0.15, 0.2) is 115 Å². The van der Waals surface area contributed by atoms with E-state index in [1.807, 2.05) is 6.92 Å². The first-order valence-electron chi connectivity index (χ1n) is 10.7. The maximum Gasteiger partial charge on any atom is 0.116 e. The molecule has 0 bridgehead atoms. The molecule has 1 unspecified atom stereocenters. The minimum absolute atomic E-state index is 0. The summed E-state index contributed by atoms with van der Waals surface area (Å²) in [6, 6.07) is 44.2. The van der Waals surface area contributed by atoms with Gasteiger partial charge in [0, 0.05) is 5.92 Å². The highest BCUT2D eigenvalue weighted by atomic mass is 35.5. The summed E-state index contributed by atoms with van der Waals surface area (Å²) in [6.07, 6.45) is 1.77. The monoisotopic (exact) mass is 455 g/mol. The summed E-state index contributed by atoms with van der Waals surface area (Å²) >= 11 is 0. The van der Waals surface area contributed by atoms with Gasteiger partial charge in [0.1, 0.15) is 23.2 Å². The lowest BCUT2D eigenvalue weighted by Crippen LogP contribution is -3.00. The van der Waals surface area contributed by atoms with E-state index < -0.39 is 7.26 Å². The lowest BCUT2D eigenvalue weighted by molar-refractivity contribution is -0.00000641. The SMILES string of the molecule is CC(C#N)Cc1ccc(C[P+](c2ccccc2)(c2ccccc2)c2ccccc2)cc1.[Cl-]. The zero-order valence-electron chi connectivity index (χ0n) is 18.2. The average molecular weight is 456 g/mol. The third-order valence-electron chi connectivity index (χ3n) is 5.80. The van der Waals surface area contributed by atoms with Crippen molar-refractivity contribution >= 4 is 23.2 Å². The molecule has 160 valence electrons. The predicted octanol–water partition coefficient (Wildman–Crippen LogP) is 2.89. The smallest absolute Gasteiger partial charge is 0.116 e. The minimum Gasteiger partial charge on any atom is -1.00 e. The first-order valence-corrected chi connectivity index (χ1v) is 12.7. The highest BCUT2D eigenvalue weighted by molar-refractivity contribution is 7.95. The van der Waals surface area contributed by atoms with Gasteiger partial charge in [-0.1, -0.05) is 78.9 Å². The summed E-state index contributed by atoms with van der Waals surface area (Å²) in [7, 11) is -1.88. The van der Waals surface area contributed by atoms with E-state index >= 15 is 0 Å². The van der Waals surface area contributed by atoms with E-state index in [2.05, 4.69) is 121 Å². The quantitative estimate of drug-likeness (QED) is 0.393. The van der Waals surface area contributed by atoms with Crippen molar-refractivity contribution < 1.29 is 12.4 Å². The van der Waals surface area contributed by atoms with Crippen LogP contribution in [0.3, 0.4) is 0 Å². The van der Waals surface area contributed by atoms with Gasteiger partial charge in [-0.25, -0.2) is 0 Å². The van der Waals surface area contributed by atoms with E-state index in [4.69, 9.17) is 5.26 Å². The predicted molar refractivity (Wildman–Crippen MR) is 134 cm³/mol. The molecule has 4 aromatic rings. The standard InChI is InChI=1S/C29H27NP.ClH/c1-24(22-30)21-25-17-19-26(20-18-25)23-31(27-11-5-2-6-12-27,28-13-7-3-8-14-28)29-15-9-4-10-16-29;/h2-20,24H,21,23H2,1H3;1H/q+1;/p-1. The van der Waals surface area contributed by atoms with Crippen LogP contribution in [0.2, 0.25) is 0 Å². The van der Waals surface area contributed by atoms with Gasteiger partial charge >= 0.3 is 0 Å². The molecular weight excluding hydrogens is 429 g/mol. The maximum atomic E-state index is 9.14. The van der Waals surface area contributed by atoms with Gasteiger partial charge in [0.25, 0.3) is 0 Å². The number of benzene rings is 4. The molecule has 4 rings (SSSR count). The van der Waals surface area contributed by atoms with Crippen LogP contribution in [0.25, 0.3) is 0 Å². The zero-order chi connectivity index (χ0) is 21.5. The van der Waals surface area contributed by atoms with Crippen LogP contribution in [0.1, 0.15) is 18.1 Å². The number of nitriles is 1. The molecule has 0 heterocycles. The van der Waals surface area contributed by atoms with Gasteiger partial charge in [0.05, 0.1) is 12.2 Å². The summed E-state index contributed by atoms with van der Waals surface area (Å²) in [5.74, 6) is 0.0374. The Kier molecular flexibility index (Phi) is 8.24. The van der Waals surface area contributed by atoms with Crippen molar-refractivity contribution in [3.05, 3.63) is 126 Å². The molecule has 32 heavy (non-hydrogen) atoms. The highest BCUT2D eigenvalue weighted by Gasteiger charge is 2.45. The van der Waals surface area contributed by atoms with E-state index in [-0.39, 0.29) is 18.3 Å². The minimum atomic E-state index is -1.88. The second-order valence-electron chi connectivity index (χ2n) is 8.03. The molecule has 0 radical (unpaired) electrons. The number of halogens is 1. The summed E-state index contributed by atoms with van der Waals surface area (Å²) in [5.41, 5.74) is 2.55. The Bertz CT molecular complexity index is 1040. The van der Waals surface area contributed by atoms with E-state index in [1.54, 1.807) is 0 Å². The molecule has 0 saturated heterocycles. The highest BCUT2D eigenvalue weighted by Crippen LogP contribution is 2.58. The lowest BCUT2D eigenvalue weighted by Gasteiger charge is -2.28. The van der Waals surface area contributed by atoms with Crippen LogP contribution >= 0.6 is 7.26 Å². The fraction of sp³-hybridized carbons (Fsp3) is 0.138. The fourth-order valence-electron chi connectivity index (χ4n) is 4.22. The van der Waals surface area contributed by atoms with Gasteiger partial charge in [-0.2, -0.15) is 5.26 Å². The molecule has 4 aromatic carbocycles. The zero-order valence-corrected chi connectivity index (χ0v) is 19.9. The topological polar surface area (TPSA) is 23.8 Å². The molecule has 0 aliphatic carbocycles. The van der Waals surface area contributed by atoms with Gasteiger partial charge in [0.2, 0.25) is 0 Å². The fourth-order valence-corrected chi connectivity index (χ4v) is 8.47. The van der Waals surface area contributed by atoms with Crippen molar-refractivity contribution in [1.29, 1.82) is 5.26 Å². The molecular formula is C29H27ClNP. The second kappa shape index (κ2) is 11.1. The molecule has 3 heteroatoms. The van der Waals surface area contributed by atoms with Crippen LogP contribution in [0.4, 0.5) is 0 Å². The van der Waals surface area contributed by atoms with Gasteiger partial charge in [-0.15, -0.1) is 0 Å². The molecule has 0 saturated carbocycles. The first kappa shape index (κ1) is 23.7. The van der Waals surface area contributed by atoms with Gasteiger partial charge < -0.3 is 12.4 Å². The Morgan fingerprint density at radius 2 is 1.00 bits per heavy atom. The summed E-state index contributed by atoms with van der Waals surface area (Å²) < 4.78 is 0. The Morgan fingerprint density at radius 3 is 1.38 bits per heavy atom. The van der Waals surface area contributed by atoms with Crippen molar-refractivity contribution in [1.82, 2.24) is 0 Å². The lowest BCUT2D eigenvalue weighted by atomic mass is 10.0. The van der Waals surface area contributed by atoms with Crippen molar-refractivity contribution in [2.24, 2.45) is 5.92 Å². The number of hydrogen-bond donors (Lipinski definition) is 0. The Labute approximate surface area is 198 Å². The number of rotatable bonds is 7. The van der Waals surface area contributed by atoms with Crippen LogP contribution < -0.4 is 28.3 Å². The molecule has 0 amide bonds. The van der Waals surface area contributed by atoms with Crippen LogP contribution in [-0.4, -0.2) is 0 Å².